The zero-order valence-electron chi connectivity index (χ0n) is 10.3. The SMILES string of the molecule is NC(=O)C1CC2(CCC2)c2c1cnc1cc(Cl)nn21. The van der Waals surface area contributed by atoms with Crippen LogP contribution < -0.4 is 5.73 Å². The van der Waals surface area contributed by atoms with Gasteiger partial charge in [0.25, 0.3) is 0 Å². The van der Waals surface area contributed by atoms with Crippen LogP contribution in [-0.4, -0.2) is 20.5 Å². The van der Waals surface area contributed by atoms with Crippen LogP contribution in [0.5, 0.6) is 0 Å². The summed E-state index contributed by atoms with van der Waals surface area (Å²) in [6.45, 7) is 0. The van der Waals surface area contributed by atoms with Crippen LogP contribution in [0.2, 0.25) is 5.15 Å². The molecule has 0 aliphatic heterocycles. The summed E-state index contributed by atoms with van der Waals surface area (Å²) < 4.78 is 1.81. The van der Waals surface area contributed by atoms with Gasteiger partial charge < -0.3 is 5.73 Å². The number of hydrogen-bond acceptors (Lipinski definition) is 3. The number of fused-ring (bicyclic) bond motifs is 4. The maximum absolute atomic E-state index is 11.7. The highest BCUT2D eigenvalue weighted by Crippen LogP contribution is 2.56. The number of aromatic nitrogens is 3. The molecule has 2 N–H and O–H groups in total. The average molecular weight is 277 g/mol. The molecule has 1 fully saturated rings. The highest BCUT2D eigenvalue weighted by atomic mass is 35.5. The number of rotatable bonds is 1. The Bertz CT molecular complexity index is 704. The summed E-state index contributed by atoms with van der Waals surface area (Å²) in [5.41, 5.74) is 8.35. The van der Waals surface area contributed by atoms with Gasteiger partial charge in [0.1, 0.15) is 0 Å². The van der Waals surface area contributed by atoms with Gasteiger partial charge in [0.05, 0.1) is 11.6 Å². The van der Waals surface area contributed by atoms with Crippen LogP contribution in [0.1, 0.15) is 42.9 Å². The predicted octanol–water partition coefficient (Wildman–Crippen LogP) is 1.78. The molecule has 6 heteroatoms. The molecule has 0 radical (unpaired) electrons. The predicted molar refractivity (Wildman–Crippen MR) is 70.1 cm³/mol. The van der Waals surface area contributed by atoms with E-state index in [1.54, 1.807) is 16.8 Å². The molecular weight excluding hydrogens is 264 g/mol. The second kappa shape index (κ2) is 3.48. The van der Waals surface area contributed by atoms with Gasteiger partial charge in [0.2, 0.25) is 5.91 Å². The Morgan fingerprint density at radius 3 is 2.95 bits per heavy atom. The van der Waals surface area contributed by atoms with Crippen molar-refractivity contribution in [1.82, 2.24) is 14.6 Å². The molecule has 2 aromatic heterocycles. The molecule has 5 nitrogen and oxygen atoms in total. The van der Waals surface area contributed by atoms with Crippen LogP contribution in [0.3, 0.4) is 0 Å². The van der Waals surface area contributed by atoms with E-state index in [2.05, 4.69) is 10.1 Å². The Morgan fingerprint density at radius 2 is 2.32 bits per heavy atom. The number of nitrogens with two attached hydrogens (primary N) is 1. The van der Waals surface area contributed by atoms with Gasteiger partial charge in [-0.2, -0.15) is 5.10 Å². The summed E-state index contributed by atoms with van der Waals surface area (Å²) in [7, 11) is 0. The molecule has 1 atom stereocenters. The first-order chi connectivity index (χ1) is 9.11. The molecule has 1 spiro atoms. The third-order valence-electron chi connectivity index (χ3n) is 4.61. The van der Waals surface area contributed by atoms with Gasteiger partial charge in [0.15, 0.2) is 10.8 Å². The fraction of sp³-hybridized carbons (Fsp3) is 0.462. The van der Waals surface area contributed by atoms with Gasteiger partial charge in [0, 0.05) is 23.2 Å². The second-order valence-electron chi connectivity index (χ2n) is 5.59. The second-order valence-corrected chi connectivity index (χ2v) is 5.98. The molecule has 98 valence electrons. The molecule has 2 aliphatic carbocycles. The Kier molecular flexibility index (Phi) is 2.05. The standard InChI is InChI=1S/C13H13ClN4O/c14-9-4-10-16-6-8-7(12(15)19)5-13(2-1-3-13)11(8)18(10)17-9/h4,6-7H,1-3,5H2,(H2,15,19). The lowest BCUT2D eigenvalue weighted by atomic mass is 9.66. The van der Waals surface area contributed by atoms with E-state index >= 15 is 0 Å². The van der Waals surface area contributed by atoms with Gasteiger partial charge in [-0.25, -0.2) is 9.50 Å². The number of carbonyl (C=O) groups excluding carboxylic acids is 1. The highest BCUT2D eigenvalue weighted by Gasteiger charge is 2.51. The Balaban J connectivity index is 2.03. The zero-order chi connectivity index (χ0) is 13.2. The molecule has 0 saturated heterocycles. The lowest BCUT2D eigenvalue weighted by molar-refractivity contribution is -0.119. The van der Waals surface area contributed by atoms with Crippen molar-refractivity contribution in [3.05, 3.63) is 28.7 Å². The fourth-order valence-corrected chi connectivity index (χ4v) is 3.77. The number of nitrogens with zero attached hydrogens (tertiary/aromatic N) is 3. The molecule has 2 aromatic rings. The van der Waals surface area contributed by atoms with Crippen molar-refractivity contribution in [2.75, 3.05) is 0 Å². The third-order valence-corrected chi connectivity index (χ3v) is 4.79. The molecule has 2 heterocycles. The van der Waals surface area contributed by atoms with E-state index in [9.17, 15) is 4.79 Å². The molecule has 1 unspecified atom stereocenters. The molecule has 1 saturated carbocycles. The smallest absolute Gasteiger partial charge is 0.225 e. The first-order valence-corrected chi connectivity index (χ1v) is 6.82. The first-order valence-electron chi connectivity index (χ1n) is 6.45. The van der Waals surface area contributed by atoms with Crippen LogP contribution in [-0.2, 0) is 10.2 Å². The number of carbonyl (C=O) groups is 1. The van der Waals surface area contributed by atoms with E-state index in [1.165, 1.54) is 6.42 Å². The molecule has 1 amide bonds. The summed E-state index contributed by atoms with van der Waals surface area (Å²) >= 11 is 5.97. The maximum Gasteiger partial charge on any atom is 0.225 e. The lowest BCUT2D eigenvalue weighted by Crippen LogP contribution is -2.34. The van der Waals surface area contributed by atoms with Crippen LogP contribution in [0, 0.1) is 0 Å². The van der Waals surface area contributed by atoms with E-state index in [1.807, 2.05) is 0 Å². The van der Waals surface area contributed by atoms with Crippen molar-refractivity contribution >= 4 is 23.2 Å². The van der Waals surface area contributed by atoms with E-state index in [0.717, 1.165) is 36.2 Å². The normalized spacial score (nSPS) is 23.5. The van der Waals surface area contributed by atoms with E-state index in [4.69, 9.17) is 17.3 Å². The molecule has 19 heavy (non-hydrogen) atoms. The van der Waals surface area contributed by atoms with Crippen LogP contribution in [0.25, 0.3) is 5.65 Å². The number of primary amides is 1. The summed E-state index contributed by atoms with van der Waals surface area (Å²) in [6.07, 6.45) is 5.91. The molecule has 0 aromatic carbocycles. The van der Waals surface area contributed by atoms with E-state index in [-0.39, 0.29) is 17.2 Å². The minimum atomic E-state index is -0.274. The maximum atomic E-state index is 11.7. The monoisotopic (exact) mass is 276 g/mol. The van der Waals surface area contributed by atoms with Crippen LogP contribution in [0.15, 0.2) is 12.3 Å². The van der Waals surface area contributed by atoms with E-state index in [0.29, 0.717) is 5.15 Å². The van der Waals surface area contributed by atoms with Crippen molar-refractivity contribution in [3.8, 4) is 0 Å². The van der Waals surface area contributed by atoms with Gasteiger partial charge >= 0.3 is 0 Å². The van der Waals surface area contributed by atoms with Crippen molar-refractivity contribution in [2.24, 2.45) is 5.73 Å². The molecule has 4 rings (SSSR count). The minimum absolute atomic E-state index is 0.0472. The van der Waals surface area contributed by atoms with Crippen molar-refractivity contribution in [2.45, 2.75) is 37.0 Å². The summed E-state index contributed by atoms with van der Waals surface area (Å²) in [4.78, 5) is 16.0. The largest absolute Gasteiger partial charge is 0.369 e. The van der Waals surface area contributed by atoms with Crippen molar-refractivity contribution in [3.63, 3.8) is 0 Å². The van der Waals surface area contributed by atoms with Gasteiger partial charge in [-0.1, -0.05) is 18.0 Å². The van der Waals surface area contributed by atoms with Crippen molar-refractivity contribution in [1.29, 1.82) is 0 Å². The van der Waals surface area contributed by atoms with Crippen LogP contribution >= 0.6 is 11.6 Å². The van der Waals surface area contributed by atoms with Gasteiger partial charge in [-0.15, -0.1) is 0 Å². The van der Waals surface area contributed by atoms with Gasteiger partial charge in [-0.3, -0.25) is 4.79 Å². The van der Waals surface area contributed by atoms with Crippen molar-refractivity contribution < 1.29 is 4.79 Å². The summed E-state index contributed by atoms with van der Waals surface area (Å²) in [6, 6.07) is 1.74. The lowest BCUT2D eigenvalue weighted by Gasteiger charge is -2.39. The summed E-state index contributed by atoms with van der Waals surface area (Å²) in [5, 5.41) is 4.75. The topological polar surface area (TPSA) is 73.3 Å². The number of hydrogen-bond donors (Lipinski definition) is 1. The Morgan fingerprint density at radius 1 is 1.53 bits per heavy atom. The fourth-order valence-electron chi connectivity index (χ4n) is 3.60. The van der Waals surface area contributed by atoms with Gasteiger partial charge in [-0.05, 0) is 19.3 Å². The molecular formula is C13H13ClN4O. The van der Waals surface area contributed by atoms with Crippen LogP contribution in [0.4, 0.5) is 0 Å². The Labute approximate surface area is 114 Å². The highest BCUT2D eigenvalue weighted by molar-refractivity contribution is 6.29. The third kappa shape index (κ3) is 1.33. The van der Waals surface area contributed by atoms with E-state index < -0.39 is 0 Å². The molecule has 2 aliphatic rings. The average Bonchev–Trinajstić information content (AvgIpc) is 2.83. The number of halogens is 1. The minimum Gasteiger partial charge on any atom is -0.369 e. The zero-order valence-corrected chi connectivity index (χ0v) is 11.0. The Hall–Kier alpha value is -1.62. The quantitative estimate of drug-likeness (QED) is 0.863. The number of amides is 1. The summed E-state index contributed by atoms with van der Waals surface area (Å²) in [5.74, 6) is -0.514. The first kappa shape index (κ1) is 11.2. The molecule has 0 bridgehead atoms.